The maximum atomic E-state index is 5.60. The predicted molar refractivity (Wildman–Crippen MR) is 32.6 cm³/mol. The van der Waals surface area contributed by atoms with Gasteiger partial charge in [0.1, 0.15) is 0 Å². The lowest BCUT2D eigenvalue weighted by Gasteiger charge is -2.20. The summed E-state index contributed by atoms with van der Waals surface area (Å²) in [7, 11) is 0. The summed E-state index contributed by atoms with van der Waals surface area (Å²) < 4.78 is 5.07. The van der Waals surface area contributed by atoms with Crippen molar-refractivity contribution in [3.8, 4) is 0 Å². The highest BCUT2D eigenvalue weighted by Gasteiger charge is 2.11. The van der Waals surface area contributed by atoms with Crippen molar-refractivity contribution < 1.29 is 4.74 Å². The van der Waals surface area contributed by atoms with E-state index in [0.29, 0.717) is 6.61 Å². The molecule has 8 heavy (non-hydrogen) atoms. The Bertz CT molecular complexity index is 101. The summed E-state index contributed by atoms with van der Waals surface area (Å²) in [5.41, 5.74) is 6.62. The minimum absolute atomic E-state index is 0.184. The lowest BCUT2D eigenvalue weighted by molar-refractivity contribution is 0.123. The summed E-state index contributed by atoms with van der Waals surface area (Å²) in [5.74, 6) is 0. The van der Waals surface area contributed by atoms with Gasteiger partial charge >= 0.3 is 0 Å². The standard InChI is InChI=1S/C6H11NO/c1-5-4-8-3-2-6(5)7/h6H,1-4,7H2/t6-/m1/s1. The van der Waals surface area contributed by atoms with E-state index in [4.69, 9.17) is 10.5 Å². The van der Waals surface area contributed by atoms with Crippen molar-refractivity contribution in [1.29, 1.82) is 0 Å². The first-order valence-electron chi connectivity index (χ1n) is 2.81. The molecule has 2 heteroatoms. The molecule has 0 unspecified atom stereocenters. The molecule has 2 nitrogen and oxygen atoms in total. The smallest absolute Gasteiger partial charge is 0.0689 e. The van der Waals surface area contributed by atoms with Crippen LogP contribution in [0.25, 0.3) is 0 Å². The van der Waals surface area contributed by atoms with Gasteiger partial charge in [0.25, 0.3) is 0 Å². The molecular weight excluding hydrogens is 102 g/mol. The molecular formula is C6H11NO. The molecule has 1 heterocycles. The van der Waals surface area contributed by atoms with E-state index < -0.39 is 0 Å². The van der Waals surface area contributed by atoms with Crippen molar-refractivity contribution in [1.82, 2.24) is 0 Å². The second-order valence-corrected chi connectivity index (χ2v) is 2.11. The van der Waals surface area contributed by atoms with Gasteiger partial charge in [-0.1, -0.05) is 6.58 Å². The van der Waals surface area contributed by atoms with Crippen molar-refractivity contribution in [2.75, 3.05) is 13.2 Å². The Morgan fingerprint density at radius 3 is 2.88 bits per heavy atom. The largest absolute Gasteiger partial charge is 0.377 e. The molecule has 1 atom stereocenters. The van der Waals surface area contributed by atoms with E-state index in [1.807, 2.05) is 0 Å². The van der Waals surface area contributed by atoms with Gasteiger partial charge in [-0.3, -0.25) is 0 Å². The first-order valence-corrected chi connectivity index (χ1v) is 2.81. The van der Waals surface area contributed by atoms with Gasteiger partial charge in [-0.2, -0.15) is 0 Å². The third-order valence-corrected chi connectivity index (χ3v) is 1.39. The number of hydrogen-bond donors (Lipinski definition) is 1. The molecule has 46 valence electrons. The van der Waals surface area contributed by atoms with E-state index >= 15 is 0 Å². The maximum Gasteiger partial charge on any atom is 0.0689 e. The minimum atomic E-state index is 0.184. The zero-order valence-electron chi connectivity index (χ0n) is 4.89. The summed E-state index contributed by atoms with van der Waals surface area (Å²) in [6.45, 7) is 5.19. The minimum Gasteiger partial charge on any atom is -0.377 e. The molecule has 0 radical (unpaired) electrons. The monoisotopic (exact) mass is 113 g/mol. The van der Waals surface area contributed by atoms with E-state index in [0.717, 1.165) is 18.6 Å². The van der Waals surface area contributed by atoms with Gasteiger partial charge in [0, 0.05) is 12.6 Å². The van der Waals surface area contributed by atoms with Gasteiger partial charge < -0.3 is 10.5 Å². The van der Waals surface area contributed by atoms with E-state index in [-0.39, 0.29) is 6.04 Å². The summed E-state index contributed by atoms with van der Waals surface area (Å²) in [4.78, 5) is 0. The molecule has 1 aliphatic heterocycles. The van der Waals surface area contributed by atoms with Crippen LogP contribution in [0, 0.1) is 0 Å². The van der Waals surface area contributed by atoms with Gasteiger partial charge in [-0.15, -0.1) is 0 Å². The van der Waals surface area contributed by atoms with Crippen LogP contribution in [0.15, 0.2) is 12.2 Å². The summed E-state index contributed by atoms with van der Waals surface area (Å²) in [5, 5.41) is 0. The Morgan fingerprint density at radius 2 is 2.50 bits per heavy atom. The van der Waals surface area contributed by atoms with E-state index in [9.17, 15) is 0 Å². The number of rotatable bonds is 0. The van der Waals surface area contributed by atoms with Crippen LogP contribution in [0.2, 0.25) is 0 Å². The molecule has 1 rings (SSSR count). The molecule has 0 aromatic carbocycles. The van der Waals surface area contributed by atoms with Crippen LogP contribution in [-0.2, 0) is 4.74 Å². The van der Waals surface area contributed by atoms with Crippen LogP contribution in [0.5, 0.6) is 0 Å². The molecule has 1 saturated heterocycles. The van der Waals surface area contributed by atoms with E-state index in [1.54, 1.807) is 0 Å². The molecule has 2 N–H and O–H groups in total. The summed E-state index contributed by atoms with van der Waals surface area (Å²) >= 11 is 0. The number of nitrogens with two attached hydrogens (primary N) is 1. The Hall–Kier alpha value is -0.340. The highest BCUT2D eigenvalue weighted by Crippen LogP contribution is 2.07. The van der Waals surface area contributed by atoms with Gasteiger partial charge in [-0.05, 0) is 12.0 Å². The second-order valence-electron chi connectivity index (χ2n) is 2.11. The van der Waals surface area contributed by atoms with Gasteiger partial charge in [0.15, 0.2) is 0 Å². The first kappa shape index (κ1) is 5.79. The number of ether oxygens (including phenoxy) is 1. The Kier molecular flexibility index (Phi) is 1.65. The Morgan fingerprint density at radius 1 is 1.75 bits per heavy atom. The van der Waals surface area contributed by atoms with Crippen LogP contribution < -0.4 is 5.73 Å². The third-order valence-electron chi connectivity index (χ3n) is 1.39. The molecule has 0 aromatic rings. The fourth-order valence-corrected chi connectivity index (χ4v) is 0.725. The molecule has 0 aliphatic carbocycles. The highest BCUT2D eigenvalue weighted by molar-refractivity contribution is 5.06. The average Bonchev–Trinajstić information content (AvgIpc) is 1.77. The first-order chi connectivity index (χ1) is 3.80. The fraction of sp³-hybridized carbons (Fsp3) is 0.667. The van der Waals surface area contributed by atoms with Crippen molar-refractivity contribution in [3.05, 3.63) is 12.2 Å². The van der Waals surface area contributed by atoms with Crippen molar-refractivity contribution in [2.45, 2.75) is 12.5 Å². The fourth-order valence-electron chi connectivity index (χ4n) is 0.725. The van der Waals surface area contributed by atoms with Crippen molar-refractivity contribution in [2.24, 2.45) is 5.73 Å². The van der Waals surface area contributed by atoms with Crippen LogP contribution in [0.1, 0.15) is 6.42 Å². The topological polar surface area (TPSA) is 35.2 Å². The maximum absolute atomic E-state index is 5.60. The molecule has 1 aliphatic rings. The average molecular weight is 113 g/mol. The van der Waals surface area contributed by atoms with Crippen molar-refractivity contribution in [3.63, 3.8) is 0 Å². The molecule has 1 fully saturated rings. The lowest BCUT2D eigenvalue weighted by atomic mass is 10.1. The molecule has 0 bridgehead atoms. The second kappa shape index (κ2) is 2.29. The predicted octanol–water partition coefficient (Wildman–Crippen LogP) is 0.290. The highest BCUT2D eigenvalue weighted by atomic mass is 16.5. The van der Waals surface area contributed by atoms with E-state index in [2.05, 4.69) is 6.58 Å². The Labute approximate surface area is 49.3 Å². The van der Waals surface area contributed by atoms with Crippen molar-refractivity contribution >= 4 is 0 Å². The van der Waals surface area contributed by atoms with Crippen LogP contribution in [-0.4, -0.2) is 19.3 Å². The zero-order chi connectivity index (χ0) is 5.98. The zero-order valence-corrected chi connectivity index (χ0v) is 4.89. The SMILES string of the molecule is C=C1COCC[C@H]1N. The Balaban J connectivity index is 2.39. The van der Waals surface area contributed by atoms with Gasteiger partial charge in [0.2, 0.25) is 0 Å². The van der Waals surface area contributed by atoms with Crippen LogP contribution in [0.4, 0.5) is 0 Å². The van der Waals surface area contributed by atoms with E-state index in [1.165, 1.54) is 0 Å². The normalized spacial score (nSPS) is 30.6. The molecule has 0 amide bonds. The van der Waals surface area contributed by atoms with Gasteiger partial charge in [-0.25, -0.2) is 0 Å². The summed E-state index contributed by atoms with van der Waals surface area (Å²) in [6.07, 6.45) is 0.929. The number of hydrogen-bond acceptors (Lipinski definition) is 2. The quantitative estimate of drug-likeness (QED) is 0.458. The lowest BCUT2D eigenvalue weighted by Crippen LogP contribution is -2.30. The van der Waals surface area contributed by atoms with Crippen LogP contribution >= 0.6 is 0 Å². The molecule has 0 saturated carbocycles. The van der Waals surface area contributed by atoms with Gasteiger partial charge in [0.05, 0.1) is 6.61 Å². The molecule has 0 spiro atoms. The third kappa shape index (κ3) is 1.08. The molecule has 0 aromatic heterocycles. The summed E-state index contributed by atoms with van der Waals surface area (Å²) in [6, 6.07) is 0.184. The van der Waals surface area contributed by atoms with Crippen LogP contribution in [0.3, 0.4) is 0 Å².